The van der Waals surface area contributed by atoms with Gasteiger partial charge < -0.3 is 23.7 Å². The van der Waals surface area contributed by atoms with E-state index in [4.69, 9.17) is 14.2 Å². The van der Waals surface area contributed by atoms with Crippen molar-refractivity contribution in [1.82, 2.24) is 0 Å². The number of hydrogen-bond donors (Lipinski definition) is 0. The lowest BCUT2D eigenvalue weighted by molar-refractivity contribution is -0.340. The smallest absolute Gasteiger partial charge is 0.328 e. The summed E-state index contributed by atoms with van der Waals surface area (Å²) in [6, 6.07) is 0. The number of hydrogen-bond acceptors (Lipinski definition) is 7. The zero-order valence-electron chi connectivity index (χ0n) is 9.35. The first-order chi connectivity index (χ1) is 7.61. The van der Waals surface area contributed by atoms with Crippen LogP contribution in [0.15, 0.2) is 0 Å². The summed E-state index contributed by atoms with van der Waals surface area (Å²) in [6.07, 6.45) is 0. The van der Waals surface area contributed by atoms with Crippen LogP contribution in [0.2, 0.25) is 0 Å². The Morgan fingerprint density at radius 2 is 1.50 bits per heavy atom. The maximum Gasteiger partial charge on any atom is 0.328 e. The summed E-state index contributed by atoms with van der Waals surface area (Å²) in [5.41, 5.74) is 0. The Bertz CT molecular complexity index is 253. The van der Waals surface area contributed by atoms with Crippen LogP contribution >= 0.6 is 0 Å². The molecule has 0 aromatic rings. The molecule has 1 aliphatic heterocycles. The predicted molar refractivity (Wildman–Crippen MR) is 49.2 cm³/mol. The summed E-state index contributed by atoms with van der Waals surface area (Å²) in [5.74, 6) is -4.85. The first-order valence-electron chi connectivity index (χ1n) is 4.60. The lowest BCUT2D eigenvalue weighted by atomic mass is 10.1. The number of ether oxygens (including phenoxy) is 5. The van der Waals surface area contributed by atoms with Crippen molar-refractivity contribution in [3.63, 3.8) is 0 Å². The average Bonchev–Trinajstić information content (AvgIpc) is 2.78. The number of carbonyl (C=O) groups excluding carboxylic acids is 2. The number of rotatable bonds is 4. The van der Waals surface area contributed by atoms with Gasteiger partial charge in [-0.25, -0.2) is 0 Å². The van der Waals surface area contributed by atoms with Gasteiger partial charge in [-0.15, -0.1) is 0 Å². The molecular weight excluding hydrogens is 220 g/mol. The van der Waals surface area contributed by atoms with Crippen LogP contribution in [-0.2, 0) is 33.3 Å². The van der Waals surface area contributed by atoms with Gasteiger partial charge in [-0.1, -0.05) is 0 Å². The van der Waals surface area contributed by atoms with Gasteiger partial charge >= 0.3 is 17.9 Å². The standard InChI is InChI=1S/C9H14O7/c1-12-7(10)6(8(11)13-2)9(14-3)15-4-5-16-9/h6H,4-5H2,1-3H3. The van der Waals surface area contributed by atoms with Gasteiger partial charge in [-0.2, -0.15) is 0 Å². The van der Waals surface area contributed by atoms with Crippen LogP contribution in [0, 0.1) is 5.92 Å². The third kappa shape index (κ3) is 2.16. The Labute approximate surface area is 92.5 Å². The maximum atomic E-state index is 11.5. The number of methoxy groups -OCH3 is 3. The van der Waals surface area contributed by atoms with E-state index in [9.17, 15) is 9.59 Å². The Hall–Kier alpha value is -1.18. The van der Waals surface area contributed by atoms with E-state index in [1.807, 2.05) is 0 Å². The summed E-state index contributed by atoms with van der Waals surface area (Å²) >= 11 is 0. The third-order valence-corrected chi connectivity index (χ3v) is 2.20. The SMILES string of the molecule is COC(=O)C(C(=O)OC)C1(OC)OCCO1. The summed E-state index contributed by atoms with van der Waals surface area (Å²) < 4.78 is 24.3. The van der Waals surface area contributed by atoms with E-state index in [-0.39, 0.29) is 13.2 Å². The van der Waals surface area contributed by atoms with Gasteiger partial charge in [0.05, 0.1) is 27.4 Å². The quantitative estimate of drug-likeness (QED) is 0.469. The number of carbonyl (C=O) groups is 2. The largest absolute Gasteiger partial charge is 0.468 e. The second-order valence-electron chi connectivity index (χ2n) is 2.98. The lowest BCUT2D eigenvalue weighted by Gasteiger charge is -2.29. The van der Waals surface area contributed by atoms with Crippen LogP contribution < -0.4 is 0 Å². The molecule has 0 aromatic carbocycles. The molecule has 1 heterocycles. The van der Waals surface area contributed by atoms with Crippen LogP contribution in [0.25, 0.3) is 0 Å². The highest BCUT2D eigenvalue weighted by molar-refractivity contribution is 5.95. The van der Waals surface area contributed by atoms with Crippen molar-refractivity contribution in [1.29, 1.82) is 0 Å². The maximum absolute atomic E-state index is 11.5. The van der Waals surface area contributed by atoms with E-state index in [0.717, 1.165) is 14.2 Å². The van der Waals surface area contributed by atoms with E-state index >= 15 is 0 Å². The number of esters is 2. The Morgan fingerprint density at radius 3 is 1.81 bits per heavy atom. The van der Waals surface area contributed by atoms with Gasteiger partial charge in [0.2, 0.25) is 5.92 Å². The van der Waals surface area contributed by atoms with E-state index in [0.29, 0.717) is 0 Å². The molecule has 7 heteroatoms. The van der Waals surface area contributed by atoms with Gasteiger partial charge in [0.25, 0.3) is 0 Å². The first-order valence-corrected chi connectivity index (χ1v) is 4.60. The molecule has 1 saturated heterocycles. The molecule has 1 rings (SSSR count). The predicted octanol–water partition coefficient (Wildman–Crippen LogP) is -0.704. The van der Waals surface area contributed by atoms with Gasteiger partial charge in [-0.3, -0.25) is 9.59 Å². The molecule has 0 saturated carbocycles. The van der Waals surface area contributed by atoms with Crippen molar-refractivity contribution in [3.05, 3.63) is 0 Å². The summed E-state index contributed by atoms with van der Waals surface area (Å²) in [5, 5.41) is 0. The topological polar surface area (TPSA) is 80.3 Å². The van der Waals surface area contributed by atoms with E-state index in [1.165, 1.54) is 7.11 Å². The zero-order valence-corrected chi connectivity index (χ0v) is 9.35. The minimum absolute atomic E-state index is 0.221. The molecule has 0 aromatic heterocycles. The fourth-order valence-electron chi connectivity index (χ4n) is 1.43. The molecule has 0 N–H and O–H groups in total. The highest BCUT2D eigenvalue weighted by atomic mass is 16.9. The minimum Gasteiger partial charge on any atom is -0.468 e. The molecule has 7 nitrogen and oxygen atoms in total. The van der Waals surface area contributed by atoms with Crippen molar-refractivity contribution < 1.29 is 33.3 Å². The van der Waals surface area contributed by atoms with Crippen molar-refractivity contribution in [2.24, 2.45) is 5.92 Å². The van der Waals surface area contributed by atoms with Gasteiger partial charge in [0, 0.05) is 7.11 Å². The minimum atomic E-state index is -1.75. The Morgan fingerprint density at radius 1 is 1.06 bits per heavy atom. The van der Waals surface area contributed by atoms with E-state index < -0.39 is 23.8 Å². The molecule has 0 bridgehead atoms. The molecule has 0 atom stereocenters. The first kappa shape index (κ1) is 12.9. The molecule has 0 spiro atoms. The fraction of sp³-hybridized carbons (Fsp3) is 0.778. The van der Waals surface area contributed by atoms with Crippen LogP contribution in [0.3, 0.4) is 0 Å². The van der Waals surface area contributed by atoms with Gasteiger partial charge in [0.1, 0.15) is 0 Å². The van der Waals surface area contributed by atoms with Crippen molar-refractivity contribution in [2.75, 3.05) is 34.5 Å². The van der Waals surface area contributed by atoms with Gasteiger partial charge in [0.15, 0.2) is 0 Å². The molecule has 92 valence electrons. The molecule has 0 aliphatic carbocycles. The van der Waals surface area contributed by atoms with Crippen LogP contribution in [0.1, 0.15) is 0 Å². The van der Waals surface area contributed by atoms with Crippen molar-refractivity contribution in [3.8, 4) is 0 Å². The zero-order chi connectivity index (χ0) is 12.2. The van der Waals surface area contributed by atoms with E-state index in [2.05, 4.69) is 9.47 Å². The monoisotopic (exact) mass is 234 g/mol. The van der Waals surface area contributed by atoms with Crippen LogP contribution in [0.4, 0.5) is 0 Å². The Kier molecular flexibility index (Phi) is 4.22. The molecule has 1 aliphatic rings. The molecule has 0 unspecified atom stereocenters. The summed E-state index contributed by atoms with van der Waals surface area (Å²) in [4.78, 5) is 23.0. The Balaban J connectivity index is 2.98. The molecule has 16 heavy (non-hydrogen) atoms. The molecule has 0 radical (unpaired) electrons. The van der Waals surface area contributed by atoms with Crippen LogP contribution in [-0.4, -0.2) is 52.5 Å². The average molecular weight is 234 g/mol. The summed E-state index contributed by atoms with van der Waals surface area (Å²) in [7, 11) is 3.57. The summed E-state index contributed by atoms with van der Waals surface area (Å²) in [6.45, 7) is 0.441. The molecular formula is C9H14O7. The molecule has 1 fully saturated rings. The lowest BCUT2D eigenvalue weighted by Crippen LogP contribution is -2.50. The highest BCUT2D eigenvalue weighted by Crippen LogP contribution is 2.31. The van der Waals surface area contributed by atoms with Crippen molar-refractivity contribution >= 4 is 11.9 Å². The van der Waals surface area contributed by atoms with Crippen LogP contribution in [0.5, 0.6) is 0 Å². The third-order valence-electron chi connectivity index (χ3n) is 2.20. The fourth-order valence-corrected chi connectivity index (χ4v) is 1.43. The van der Waals surface area contributed by atoms with E-state index in [1.54, 1.807) is 0 Å². The van der Waals surface area contributed by atoms with Gasteiger partial charge in [-0.05, 0) is 0 Å². The second kappa shape index (κ2) is 5.24. The molecule has 0 amide bonds. The second-order valence-corrected chi connectivity index (χ2v) is 2.98. The normalized spacial score (nSPS) is 18.5. The van der Waals surface area contributed by atoms with Crippen molar-refractivity contribution in [2.45, 2.75) is 5.97 Å². The highest BCUT2D eigenvalue weighted by Gasteiger charge is 2.55.